The molecule has 0 amide bonds. The Bertz CT molecular complexity index is 447. The number of esters is 2. The summed E-state index contributed by atoms with van der Waals surface area (Å²) in [5.41, 5.74) is -0.925. The monoisotopic (exact) mass is 276 g/mol. The SMILES string of the molecule is C=CCC(C(=O)OCC)(C(=O)OCC)c1ccccc1. The molecule has 1 aromatic rings. The van der Waals surface area contributed by atoms with Crippen LogP contribution in [0.15, 0.2) is 43.0 Å². The molecule has 4 nitrogen and oxygen atoms in total. The van der Waals surface area contributed by atoms with Gasteiger partial charge >= 0.3 is 11.9 Å². The summed E-state index contributed by atoms with van der Waals surface area (Å²) in [6.07, 6.45) is 1.66. The first-order valence-electron chi connectivity index (χ1n) is 6.64. The van der Waals surface area contributed by atoms with Crippen molar-refractivity contribution in [1.82, 2.24) is 0 Å². The van der Waals surface area contributed by atoms with Gasteiger partial charge in [0.1, 0.15) is 0 Å². The molecular weight excluding hydrogens is 256 g/mol. The molecule has 0 spiro atoms. The van der Waals surface area contributed by atoms with Crippen molar-refractivity contribution in [2.45, 2.75) is 25.7 Å². The number of hydrogen-bond donors (Lipinski definition) is 0. The van der Waals surface area contributed by atoms with Gasteiger partial charge in [-0.25, -0.2) is 0 Å². The maximum atomic E-state index is 12.4. The molecule has 20 heavy (non-hydrogen) atoms. The van der Waals surface area contributed by atoms with Crippen LogP contribution in [0.25, 0.3) is 0 Å². The second-order valence-electron chi connectivity index (χ2n) is 4.21. The number of hydrogen-bond acceptors (Lipinski definition) is 4. The van der Waals surface area contributed by atoms with Gasteiger partial charge in [0, 0.05) is 0 Å². The minimum absolute atomic E-state index is 0.134. The minimum Gasteiger partial charge on any atom is -0.465 e. The molecule has 0 heterocycles. The molecule has 0 N–H and O–H groups in total. The number of carbonyl (C=O) groups is 2. The van der Waals surface area contributed by atoms with Crippen molar-refractivity contribution < 1.29 is 19.1 Å². The number of benzene rings is 1. The topological polar surface area (TPSA) is 52.6 Å². The molecule has 4 heteroatoms. The highest BCUT2D eigenvalue weighted by Crippen LogP contribution is 2.32. The molecule has 0 fully saturated rings. The third-order valence-corrected chi connectivity index (χ3v) is 2.96. The van der Waals surface area contributed by atoms with Gasteiger partial charge in [-0.1, -0.05) is 36.4 Å². The molecule has 0 aliphatic carbocycles. The van der Waals surface area contributed by atoms with Crippen molar-refractivity contribution in [3.05, 3.63) is 48.6 Å². The van der Waals surface area contributed by atoms with Gasteiger partial charge in [0.05, 0.1) is 13.2 Å². The van der Waals surface area contributed by atoms with Crippen LogP contribution in [-0.4, -0.2) is 25.2 Å². The highest BCUT2D eigenvalue weighted by molar-refractivity contribution is 6.06. The Balaban J connectivity index is 3.37. The van der Waals surface area contributed by atoms with Crippen LogP contribution in [0.1, 0.15) is 25.8 Å². The normalized spacial score (nSPS) is 10.7. The lowest BCUT2D eigenvalue weighted by Crippen LogP contribution is -2.46. The zero-order valence-corrected chi connectivity index (χ0v) is 11.9. The number of rotatable bonds is 7. The predicted molar refractivity (Wildman–Crippen MR) is 76.2 cm³/mol. The highest BCUT2D eigenvalue weighted by atomic mass is 16.6. The summed E-state index contributed by atoms with van der Waals surface area (Å²) in [7, 11) is 0. The first-order valence-corrected chi connectivity index (χ1v) is 6.64. The smallest absolute Gasteiger partial charge is 0.328 e. The summed E-state index contributed by atoms with van der Waals surface area (Å²) >= 11 is 0. The van der Waals surface area contributed by atoms with E-state index < -0.39 is 17.4 Å². The molecule has 0 aliphatic rings. The van der Waals surface area contributed by atoms with Gasteiger partial charge < -0.3 is 9.47 Å². The number of ether oxygens (including phenoxy) is 2. The summed E-state index contributed by atoms with van der Waals surface area (Å²) in [5.74, 6) is -1.21. The van der Waals surface area contributed by atoms with Crippen molar-refractivity contribution in [1.29, 1.82) is 0 Å². The lowest BCUT2D eigenvalue weighted by Gasteiger charge is -2.28. The molecule has 0 saturated heterocycles. The van der Waals surface area contributed by atoms with Crippen LogP contribution < -0.4 is 0 Å². The fraction of sp³-hybridized carbons (Fsp3) is 0.375. The molecule has 0 saturated carbocycles. The van der Waals surface area contributed by atoms with E-state index in [2.05, 4.69) is 6.58 Å². The Kier molecular flexibility index (Phi) is 5.97. The fourth-order valence-electron chi connectivity index (χ4n) is 2.05. The van der Waals surface area contributed by atoms with E-state index in [1.54, 1.807) is 38.1 Å². The second kappa shape index (κ2) is 7.48. The molecule has 108 valence electrons. The van der Waals surface area contributed by atoms with Crippen LogP contribution in [0.5, 0.6) is 0 Å². The van der Waals surface area contributed by atoms with Gasteiger partial charge in [0.25, 0.3) is 0 Å². The van der Waals surface area contributed by atoms with Gasteiger partial charge in [-0.3, -0.25) is 9.59 Å². The highest BCUT2D eigenvalue weighted by Gasteiger charge is 2.49. The van der Waals surface area contributed by atoms with Crippen LogP contribution in [0.2, 0.25) is 0 Å². The molecular formula is C16H20O4. The first-order chi connectivity index (χ1) is 9.63. The van der Waals surface area contributed by atoms with Crippen molar-refractivity contribution in [3.63, 3.8) is 0 Å². The molecule has 0 bridgehead atoms. The quantitative estimate of drug-likeness (QED) is 0.436. The fourth-order valence-corrected chi connectivity index (χ4v) is 2.05. The van der Waals surface area contributed by atoms with Gasteiger partial charge in [-0.15, -0.1) is 6.58 Å². The first kappa shape index (κ1) is 16.0. The van der Waals surface area contributed by atoms with Gasteiger partial charge in [0.2, 0.25) is 0 Å². The summed E-state index contributed by atoms with van der Waals surface area (Å²) < 4.78 is 10.2. The van der Waals surface area contributed by atoms with E-state index in [4.69, 9.17) is 9.47 Å². The predicted octanol–water partition coefficient (Wildman–Crippen LogP) is 2.63. The van der Waals surface area contributed by atoms with Crippen LogP contribution in [-0.2, 0) is 24.5 Å². The van der Waals surface area contributed by atoms with Crippen molar-refractivity contribution >= 4 is 11.9 Å². The van der Waals surface area contributed by atoms with Gasteiger partial charge in [-0.2, -0.15) is 0 Å². The summed E-state index contributed by atoms with van der Waals surface area (Å²) in [5, 5.41) is 0. The molecule has 0 radical (unpaired) electrons. The Labute approximate surface area is 119 Å². The van der Waals surface area contributed by atoms with E-state index in [9.17, 15) is 9.59 Å². The Hall–Kier alpha value is -2.10. The molecule has 0 atom stereocenters. The molecule has 0 unspecified atom stereocenters. The molecule has 0 aliphatic heterocycles. The summed E-state index contributed by atoms with van der Waals surface area (Å²) in [6.45, 7) is 7.44. The number of allylic oxidation sites excluding steroid dienone is 1. The lowest BCUT2D eigenvalue weighted by atomic mass is 9.77. The Morgan fingerprint density at radius 1 is 1.10 bits per heavy atom. The minimum atomic E-state index is -1.48. The van der Waals surface area contributed by atoms with Crippen LogP contribution in [0.3, 0.4) is 0 Å². The van der Waals surface area contributed by atoms with E-state index >= 15 is 0 Å². The lowest BCUT2D eigenvalue weighted by molar-refractivity contribution is -0.164. The van der Waals surface area contributed by atoms with Crippen molar-refractivity contribution in [2.75, 3.05) is 13.2 Å². The summed E-state index contributed by atoms with van der Waals surface area (Å²) in [4.78, 5) is 24.8. The largest absolute Gasteiger partial charge is 0.465 e. The van der Waals surface area contributed by atoms with Gasteiger partial charge in [0.15, 0.2) is 5.41 Å². The summed E-state index contributed by atoms with van der Waals surface area (Å²) in [6, 6.07) is 8.80. The average Bonchev–Trinajstić information content (AvgIpc) is 2.46. The maximum absolute atomic E-state index is 12.4. The number of carbonyl (C=O) groups excluding carboxylic acids is 2. The Morgan fingerprint density at radius 3 is 2.00 bits per heavy atom. The third-order valence-electron chi connectivity index (χ3n) is 2.96. The molecule has 0 aromatic heterocycles. The van der Waals surface area contributed by atoms with Gasteiger partial charge in [-0.05, 0) is 25.8 Å². The van der Waals surface area contributed by atoms with E-state index in [0.29, 0.717) is 5.56 Å². The Morgan fingerprint density at radius 2 is 1.60 bits per heavy atom. The van der Waals surface area contributed by atoms with Crippen LogP contribution in [0.4, 0.5) is 0 Å². The zero-order chi connectivity index (χ0) is 15.0. The zero-order valence-electron chi connectivity index (χ0n) is 11.9. The van der Waals surface area contributed by atoms with Crippen molar-refractivity contribution in [3.8, 4) is 0 Å². The maximum Gasteiger partial charge on any atom is 0.328 e. The van der Waals surface area contributed by atoms with E-state index in [-0.39, 0.29) is 19.6 Å². The standard InChI is InChI=1S/C16H20O4/c1-4-12-16(14(17)19-5-2,15(18)20-6-3)13-10-8-7-9-11-13/h4,7-11H,1,5-6,12H2,2-3H3. The van der Waals surface area contributed by atoms with E-state index in [1.165, 1.54) is 6.08 Å². The van der Waals surface area contributed by atoms with E-state index in [1.807, 2.05) is 6.07 Å². The van der Waals surface area contributed by atoms with E-state index in [0.717, 1.165) is 0 Å². The molecule has 1 aromatic carbocycles. The van der Waals surface area contributed by atoms with Crippen LogP contribution in [0, 0.1) is 0 Å². The average molecular weight is 276 g/mol. The second-order valence-corrected chi connectivity index (χ2v) is 4.21. The van der Waals surface area contributed by atoms with Crippen molar-refractivity contribution in [2.24, 2.45) is 0 Å². The van der Waals surface area contributed by atoms with Crippen LogP contribution >= 0.6 is 0 Å². The third kappa shape index (κ3) is 3.07. The molecule has 1 rings (SSSR count).